The Morgan fingerprint density at radius 3 is 1.02 bits per heavy atom. The molecule has 2 amide bonds. The molecule has 1 aliphatic rings. The number of nitrogens with zero attached hydrogens (tertiary/aromatic N) is 2. The Kier molecular flexibility index (Phi) is 12.7. The van der Waals surface area contributed by atoms with Crippen molar-refractivity contribution in [2.75, 3.05) is 0 Å². The van der Waals surface area contributed by atoms with Crippen LogP contribution < -0.4 is 9.47 Å². The van der Waals surface area contributed by atoms with Gasteiger partial charge in [-0.1, -0.05) is 121 Å². The molecule has 304 valence electrons. The second-order valence-corrected chi connectivity index (χ2v) is 15.0. The monoisotopic (exact) mass is 802 g/mol. The van der Waals surface area contributed by atoms with Crippen LogP contribution in [-0.4, -0.2) is 43.8 Å². The molecule has 1 fully saturated rings. The van der Waals surface area contributed by atoms with Crippen molar-refractivity contribution in [1.82, 2.24) is 9.80 Å². The van der Waals surface area contributed by atoms with E-state index >= 15 is 0 Å². The molecule has 1 aliphatic carbocycles. The minimum Gasteiger partial charge on any atom is -0.481 e. The second-order valence-electron chi connectivity index (χ2n) is 15.0. The maximum atomic E-state index is 14.9. The lowest BCUT2D eigenvalue weighted by molar-refractivity contribution is -0.189. The van der Waals surface area contributed by atoms with Crippen LogP contribution in [-0.2, 0) is 32.3 Å². The maximum Gasteiger partial charge on any atom is 0.308 e. The first kappa shape index (κ1) is 41.0. The van der Waals surface area contributed by atoms with Gasteiger partial charge in [0.25, 0.3) is 0 Å². The number of hydrogen-bond donors (Lipinski definition) is 2. The van der Waals surface area contributed by atoms with E-state index in [1.807, 2.05) is 159 Å². The summed E-state index contributed by atoms with van der Waals surface area (Å²) in [6.07, 6.45) is 0. The van der Waals surface area contributed by atoms with Gasteiger partial charge in [0.1, 0.15) is 23.0 Å². The van der Waals surface area contributed by atoms with Gasteiger partial charge in [-0.25, -0.2) is 0 Å². The van der Waals surface area contributed by atoms with E-state index in [-0.39, 0.29) is 13.1 Å². The average Bonchev–Trinajstić information content (AvgIpc) is 3.26. The van der Waals surface area contributed by atoms with Crippen LogP contribution in [0.4, 0.5) is 0 Å². The summed E-state index contributed by atoms with van der Waals surface area (Å²) in [6, 6.07) is 50.4. The molecule has 0 bridgehead atoms. The largest absolute Gasteiger partial charge is 0.481 e. The van der Waals surface area contributed by atoms with E-state index in [0.29, 0.717) is 23.0 Å². The number of benzene rings is 6. The van der Waals surface area contributed by atoms with Crippen LogP contribution in [0, 0.1) is 23.7 Å². The van der Waals surface area contributed by atoms with E-state index in [1.54, 1.807) is 24.3 Å². The number of carboxylic acids is 2. The van der Waals surface area contributed by atoms with Crippen molar-refractivity contribution < 1.29 is 38.9 Å². The number of hydrogen-bond acceptors (Lipinski definition) is 6. The Balaban J connectivity index is 1.18. The third-order valence-electron chi connectivity index (χ3n) is 11.3. The van der Waals surface area contributed by atoms with Gasteiger partial charge in [0.05, 0.1) is 35.8 Å². The first-order valence-corrected chi connectivity index (χ1v) is 19.9. The zero-order valence-corrected chi connectivity index (χ0v) is 33.3. The van der Waals surface area contributed by atoms with Crippen molar-refractivity contribution in [3.05, 3.63) is 192 Å². The molecule has 0 unspecified atom stereocenters. The van der Waals surface area contributed by atoms with E-state index in [0.717, 1.165) is 22.3 Å². The number of aliphatic carboxylic acids is 2. The molecule has 0 aromatic heterocycles. The summed E-state index contributed by atoms with van der Waals surface area (Å²) in [4.78, 5) is 59.2. The van der Waals surface area contributed by atoms with Gasteiger partial charge in [0.15, 0.2) is 0 Å². The molecule has 10 heteroatoms. The average molecular weight is 803 g/mol. The van der Waals surface area contributed by atoms with Gasteiger partial charge < -0.3 is 29.5 Å². The van der Waals surface area contributed by atoms with E-state index < -0.39 is 59.5 Å². The molecule has 0 saturated heterocycles. The first-order valence-electron chi connectivity index (χ1n) is 19.9. The summed E-state index contributed by atoms with van der Waals surface area (Å²) in [7, 11) is 0. The predicted octanol–water partition coefficient (Wildman–Crippen LogP) is 9.80. The second kappa shape index (κ2) is 18.6. The number of rotatable bonds is 16. The summed E-state index contributed by atoms with van der Waals surface area (Å²) >= 11 is 0. The Hall–Kier alpha value is -7.20. The van der Waals surface area contributed by atoms with Crippen LogP contribution in [0.1, 0.15) is 48.2 Å². The number of para-hydroxylation sites is 2. The van der Waals surface area contributed by atoms with Gasteiger partial charge in [-0.05, 0) is 84.6 Å². The van der Waals surface area contributed by atoms with Gasteiger partial charge in [-0.3, -0.25) is 19.2 Å². The van der Waals surface area contributed by atoms with Crippen LogP contribution >= 0.6 is 0 Å². The van der Waals surface area contributed by atoms with Crippen molar-refractivity contribution in [2.24, 2.45) is 23.7 Å². The molecule has 0 radical (unpaired) electrons. The quantitative estimate of drug-likeness (QED) is 0.0989. The lowest BCUT2D eigenvalue weighted by Gasteiger charge is -2.49. The van der Waals surface area contributed by atoms with E-state index in [9.17, 15) is 29.4 Å². The molecule has 6 aromatic carbocycles. The Bertz CT molecular complexity index is 2200. The molecule has 7 rings (SSSR count). The van der Waals surface area contributed by atoms with Gasteiger partial charge in [0.2, 0.25) is 11.8 Å². The number of carbonyl (C=O) groups is 4. The van der Waals surface area contributed by atoms with Crippen molar-refractivity contribution in [3.8, 4) is 23.0 Å². The summed E-state index contributed by atoms with van der Waals surface area (Å²) in [6.45, 7) is 3.75. The molecular formula is C50H46N2O8. The van der Waals surface area contributed by atoms with Gasteiger partial charge in [-0.15, -0.1) is 0 Å². The van der Waals surface area contributed by atoms with Crippen LogP contribution in [0.15, 0.2) is 170 Å². The molecular weight excluding hydrogens is 757 g/mol. The zero-order chi connectivity index (χ0) is 42.2. The highest BCUT2D eigenvalue weighted by Gasteiger charge is 2.65. The first-order chi connectivity index (χ1) is 29.1. The zero-order valence-electron chi connectivity index (χ0n) is 33.3. The van der Waals surface area contributed by atoms with E-state index in [4.69, 9.17) is 9.47 Å². The lowest BCUT2D eigenvalue weighted by atomic mass is 9.55. The van der Waals surface area contributed by atoms with E-state index in [2.05, 4.69) is 0 Å². The van der Waals surface area contributed by atoms with Crippen molar-refractivity contribution in [2.45, 2.75) is 39.0 Å². The van der Waals surface area contributed by atoms with Crippen LogP contribution in [0.3, 0.4) is 0 Å². The molecule has 1 saturated carbocycles. The highest BCUT2D eigenvalue weighted by atomic mass is 16.5. The highest BCUT2D eigenvalue weighted by molar-refractivity contribution is 6.00. The van der Waals surface area contributed by atoms with Crippen molar-refractivity contribution >= 4 is 23.8 Å². The Morgan fingerprint density at radius 2 is 0.717 bits per heavy atom. The van der Waals surface area contributed by atoms with Crippen LogP contribution in [0.25, 0.3) is 0 Å². The molecule has 6 aromatic rings. The standard InChI is InChI=1S/C50H46N2O8/c1-33(37-15-7-3-8-16-37)51(31-35-23-27-41(28-24-35)59-39-19-11-5-12-20-39)47(53)43-45(49(55)56)44(46(43)50(57)58)48(54)52(34(2)38-17-9-4-10-18-38)32-36-25-29-42(30-26-36)60-40-21-13-6-14-22-40/h3-30,33-34,43-46H,31-32H2,1-2H3,(H,55,56)(H,57,58)/t33-,34-,43?,44?,45?,46?/m0/s1. The third kappa shape index (κ3) is 9.23. The fourth-order valence-corrected chi connectivity index (χ4v) is 7.96. The molecule has 60 heavy (non-hydrogen) atoms. The van der Waals surface area contributed by atoms with Crippen molar-refractivity contribution in [1.29, 1.82) is 0 Å². The van der Waals surface area contributed by atoms with Gasteiger partial charge in [-0.2, -0.15) is 0 Å². The summed E-state index contributed by atoms with van der Waals surface area (Å²) in [5, 5.41) is 21.5. The molecule has 2 atom stereocenters. The normalized spacial score (nSPS) is 17.9. The smallest absolute Gasteiger partial charge is 0.308 e. The van der Waals surface area contributed by atoms with Gasteiger partial charge >= 0.3 is 11.9 Å². The fourth-order valence-electron chi connectivity index (χ4n) is 7.96. The highest BCUT2D eigenvalue weighted by Crippen LogP contribution is 2.50. The number of ether oxygens (including phenoxy) is 2. The van der Waals surface area contributed by atoms with Crippen molar-refractivity contribution in [3.63, 3.8) is 0 Å². The molecule has 2 N–H and O–H groups in total. The number of amides is 2. The molecule has 0 aliphatic heterocycles. The molecule has 10 nitrogen and oxygen atoms in total. The SMILES string of the molecule is C[C@@H](c1ccccc1)N(Cc1ccc(Oc2ccccc2)cc1)C(=O)C1C(C(=O)O)C(C(=O)N(Cc2ccc(Oc3ccccc3)cc2)[C@@H](C)c2ccccc2)C1C(=O)O. The predicted molar refractivity (Wildman–Crippen MR) is 226 cm³/mol. The van der Waals surface area contributed by atoms with Crippen LogP contribution in [0.5, 0.6) is 23.0 Å². The summed E-state index contributed by atoms with van der Waals surface area (Å²) < 4.78 is 11.9. The summed E-state index contributed by atoms with van der Waals surface area (Å²) in [5.41, 5.74) is 3.01. The Labute approximate surface area is 349 Å². The minimum absolute atomic E-state index is 0.0510. The molecule has 0 heterocycles. The minimum atomic E-state index is -1.59. The molecule has 0 spiro atoms. The summed E-state index contributed by atoms with van der Waals surface area (Å²) in [5.74, 6) is -7.84. The van der Waals surface area contributed by atoms with E-state index in [1.165, 1.54) is 9.80 Å². The topological polar surface area (TPSA) is 134 Å². The third-order valence-corrected chi connectivity index (χ3v) is 11.3. The fraction of sp³-hybridized carbons (Fsp3) is 0.200. The maximum absolute atomic E-state index is 14.9. The Morgan fingerprint density at radius 1 is 0.433 bits per heavy atom. The number of carboxylic acid groups (broad SMARTS) is 2. The van der Waals surface area contributed by atoms with Crippen LogP contribution in [0.2, 0.25) is 0 Å². The number of carbonyl (C=O) groups excluding carboxylic acids is 2. The lowest BCUT2D eigenvalue weighted by Crippen LogP contribution is -2.64. The van der Waals surface area contributed by atoms with Gasteiger partial charge in [0, 0.05) is 13.1 Å².